The molecule has 0 fully saturated rings. The molecule has 2 aromatic heterocycles. The van der Waals surface area contributed by atoms with Gasteiger partial charge in [0, 0.05) is 5.54 Å². The molecule has 0 aliphatic rings. The van der Waals surface area contributed by atoms with Gasteiger partial charge in [-0.1, -0.05) is 13.3 Å². The van der Waals surface area contributed by atoms with Crippen LogP contribution in [0.1, 0.15) is 33.6 Å². The number of thiophene rings is 1. The summed E-state index contributed by atoms with van der Waals surface area (Å²) in [6.45, 7) is 6.23. The number of rotatable bonds is 3. The third-order valence-electron chi connectivity index (χ3n) is 2.97. The van der Waals surface area contributed by atoms with Crippen molar-refractivity contribution in [3.8, 4) is 0 Å². The van der Waals surface area contributed by atoms with Crippen LogP contribution < -0.4 is 5.56 Å². The molecule has 17 heavy (non-hydrogen) atoms. The average Bonchev–Trinajstić information content (AvgIpc) is 2.64. The standard InChI is InChI=1S/C12H16N2OS2/c1-4-6-12(2,3)14-10(15)9-8(5-7-17-9)13-11(14)16/h5,7H,4,6H2,1-3H3,(H,13,16). The second-order valence-corrected chi connectivity index (χ2v) is 6.10. The van der Waals surface area contributed by atoms with Crippen LogP contribution in [0.3, 0.4) is 0 Å². The van der Waals surface area contributed by atoms with Gasteiger partial charge in [0.15, 0.2) is 4.77 Å². The molecule has 5 heteroatoms. The van der Waals surface area contributed by atoms with E-state index in [1.165, 1.54) is 11.3 Å². The predicted octanol–water partition coefficient (Wildman–Crippen LogP) is 3.66. The third-order valence-corrected chi connectivity index (χ3v) is 4.16. The fraction of sp³-hybridized carbons (Fsp3) is 0.500. The first kappa shape index (κ1) is 12.5. The van der Waals surface area contributed by atoms with Crippen LogP contribution in [-0.2, 0) is 5.54 Å². The van der Waals surface area contributed by atoms with Crippen molar-refractivity contribution in [2.75, 3.05) is 0 Å². The molecule has 0 atom stereocenters. The van der Waals surface area contributed by atoms with Crippen LogP contribution >= 0.6 is 23.6 Å². The van der Waals surface area contributed by atoms with Crippen LogP contribution in [0.25, 0.3) is 10.2 Å². The quantitative estimate of drug-likeness (QED) is 0.863. The number of fused-ring (bicyclic) bond motifs is 1. The molecule has 2 aromatic rings. The zero-order valence-corrected chi connectivity index (χ0v) is 11.9. The van der Waals surface area contributed by atoms with Crippen molar-refractivity contribution in [2.45, 2.75) is 39.2 Å². The van der Waals surface area contributed by atoms with E-state index in [0.29, 0.717) is 4.77 Å². The second-order valence-electron chi connectivity index (χ2n) is 4.80. The third kappa shape index (κ3) is 2.09. The Balaban J connectivity index is 2.77. The lowest BCUT2D eigenvalue weighted by Crippen LogP contribution is -2.37. The Kier molecular flexibility index (Phi) is 3.23. The van der Waals surface area contributed by atoms with Gasteiger partial charge in [-0.05, 0) is 43.9 Å². The largest absolute Gasteiger partial charge is 0.331 e. The molecular weight excluding hydrogens is 252 g/mol. The Bertz CT molecular complexity index is 648. The van der Waals surface area contributed by atoms with Crippen molar-refractivity contribution in [3.63, 3.8) is 0 Å². The number of nitrogens with zero attached hydrogens (tertiary/aromatic N) is 1. The molecule has 0 aliphatic carbocycles. The van der Waals surface area contributed by atoms with Crippen LogP contribution in [0.5, 0.6) is 0 Å². The molecule has 0 aliphatic heterocycles. The molecule has 0 spiro atoms. The lowest BCUT2D eigenvalue weighted by Gasteiger charge is -2.27. The Morgan fingerprint density at radius 1 is 1.53 bits per heavy atom. The summed E-state index contributed by atoms with van der Waals surface area (Å²) in [5, 5.41) is 1.91. The smallest absolute Gasteiger partial charge is 0.272 e. The first-order valence-electron chi connectivity index (χ1n) is 5.70. The molecule has 2 heterocycles. The van der Waals surface area contributed by atoms with E-state index in [1.807, 2.05) is 11.4 Å². The van der Waals surface area contributed by atoms with E-state index in [0.717, 1.165) is 23.1 Å². The van der Waals surface area contributed by atoms with E-state index in [4.69, 9.17) is 12.2 Å². The van der Waals surface area contributed by atoms with Crippen molar-refractivity contribution in [1.29, 1.82) is 0 Å². The lowest BCUT2D eigenvalue weighted by molar-refractivity contribution is 0.309. The molecule has 92 valence electrons. The number of nitrogens with one attached hydrogen (secondary N) is 1. The second kappa shape index (κ2) is 4.38. The van der Waals surface area contributed by atoms with E-state index in [2.05, 4.69) is 25.8 Å². The van der Waals surface area contributed by atoms with Crippen LogP contribution in [0.4, 0.5) is 0 Å². The number of aromatic nitrogens is 2. The molecule has 0 saturated heterocycles. The van der Waals surface area contributed by atoms with Gasteiger partial charge in [-0.3, -0.25) is 9.36 Å². The van der Waals surface area contributed by atoms with Crippen LogP contribution in [0, 0.1) is 4.77 Å². The van der Waals surface area contributed by atoms with E-state index < -0.39 is 0 Å². The van der Waals surface area contributed by atoms with Crippen molar-refractivity contribution in [2.24, 2.45) is 0 Å². The highest BCUT2D eigenvalue weighted by Gasteiger charge is 2.23. The summed E-state index contributed by atoms with van der Waals surface area (Å²) in [6, 6.07) is 1.90. The maximum atomic E-state index is 12.4. The topological polar surface area (TPSA) is 37.8 Å². The molecule has 1 N–H and O–H groups in total. The molecule has 3 nitrogen and oxygen atoms in total. The Morgan fingerprint density at radius 3 is 2.88 bits per heavy atom. The van der Waals surface area contributed by atoms with Gasteiger partial charge in [-0.25, -0.2) is 0 Å². The van der Waals surface area contributed by atoms with Gasteiger partial charge in [-0.2, -0.15) is 0 Å². The highest BCUT2D eigenvalue weighted by molar-refractivity contribution is 7.71. The summed E-state index contributed by atoms with van der Waals surface area (Å²) in [7, 11) is 0. The zero-order valence-electron chi connectivity index (χ0n) is 10.2. The Hall–Kier alpha value is -0.940. The number of hydrogen-bond acceptors (Lipinski definition) is 3. The lowest BCUT2D eigenvalue weighted by atomic mass is 9.99. The molecule has 0 amide bonds. The Labute approximate surface area is 109 Å². The predicted molar refractivity (Wildman–Crippen MR) is 75.5 cm³/mol. The van der Waals surface area contributed by atoms with Crippen LogP contribution in [0.2, 0.25) is 0 Å². The van der Waals surface area contributed by atoms with E-state index >= 15 is 0 Å². The van der Waals surface area contributed by atoms with E-state index in [9.17, 15) is 4.79 Å². The number of aromatic amines is 1. The summed E-state index contributed by atoms with van der Waals surface area (Å²) >= 11 is 6.77. The molecule has 0 radical (unpaired) electrons. The van der Waals surface area contributed by atoms with Gasteiger partial charge < -0.3 is 4.98 Å². The van der Waals surface area contributed by atoms with Crippen molar-refractivity contribution in [1.82, 2.24) is 9.55 Å². The van der Waals surface area contributed by atoms with Gasteiger partial charge in [0.2, 0.25) is 0 Å². The maximum Gasteiger partial charge on any atom is 0.272 e. The molecule has 0 unspecified atom stereocenters. The van der Waals surface area contributed by atoms with Gasteiger partial charge in [0.25, 0.3) is 5.56 Å². The van der Waals surface area contributed by atoms with E-state index in [1.54, 1.807) is 4.57 Å². The minimum absolute atomic E-state index is 0.0252. The first-order valence-corrected chi connectivity index (χ1v) is 6.99. The minimum Gasteiger partial charge on any atom is -0.331 e. The van der Waals surface area contributed by atoms with Crippen molar-refractivity contribution in [3.05, 3.63) is 26.6 Å². The molecule has 0 bridgehead atoms. The van der Waals surface area contributed by atoms with Gasteiger partial charge in [0.05, 0.1) is 5.52 Å². The molecule has 0 aromatic carbocycles. The Morgan fingerprint density at radius 2 is 2.24 bits per heavy atom. The molecule has 2 rings (SSSR count). The fourth-order valence-electron chi connectivity index (χ4n) is 2.21. The zero-order chi connectivity index (χ0) is 12.6. The summed E-state index contributed by atoms with van der Waals surface area (Å²) in [6.07, 6.45) is 1.96. The number of H-pyrrole nitrogens is 1. The van der Waals surface area contributed by atoms with Crippen LogP contribution in [-0.4, -0.2) is 9.55 Å². The normalized spacial score (nSPS) is 12.2. The highest BCUT2D eigenvalue weighted by atomic mass is 32.1. The van der Waals surface area contributed by atoms with Gasteiger partial charge in [0.1, 0.15) is 4.70 Å². The first-order chi connectivity index (χ1) is 7.97. The molecular formula is C12H16N2OS2. The molecule has 0 saturated carbocycles. The summed E-state index contributed by atoms with van der Waals surface area (Å²) in [5.74, 6) is 0. The average molecular weight is 268 g/mol. The van der Waals surface area contributed by atoms with Crippen LogP contribution in [0.15, 0.2) is 16.2 Å². The van der Waals surface area contributed by atoms with Gasteiger partial charge >= 0.3 is 0 Å². The summed E-state index contributed by atoms with van der Waals surface area (Å²) in [4.78, 5) is 15.6. The van der Waals surface area contributed by atoms with Gasteiger partial charge in [-0.15, -0.1) is 11.3 Å². The fourth-order valence-corrected chi connectivity index (χ4v) is 3.43. The van der Waals surface area contributed by atoms with Crippen molar-refractivity contribution >= 4 is 33.8 Å². The van der Waals surface area contributed by atoms with Crippen molar-refractivity contribution < 1.29 is 0 Å². The monoisotopic (exact) mass is 268 g/mol. The summed E-state index contributed by atoms with van der Waals surface area (Å²) < 4.78 is 2.98. The maximum absolute atomic E-state index is 12.4. The minimum atomic E-state index is -0.238. The summed E-state index contributed by atoms with van der Waals surface area (Å²) in [5.41, 5.74) is 0.628. The SMILES string of the molecule is CCCC(C)(C)n1c(=S)[nH]c2ccsc2c1=O. The highest BCUT2D eigenvalue weighted by Crippen LogP contribution is 2.22. The van der Waals surface area contributed by atoms with E-state index in [-0.39, 0.29) is 11.1 Å². The number of hydrogen-bond donors (Lipinski definition) is 1.